The Morgan fingerprint density at radius 2 is 1.77 bits per heavy atom. The molecule has 0 N–H and O–H groups in total. The van der Waals surface area contributed by atoms with Gasteiger partial charge in [-0.1, -0.05) is 42.4 Å². The average molecular weight is 426 g/mol. The first kappa shape index (κ1) is 22.0. The molecule has 3 heterocycles. The van der Waals surface area contributed by atoms with Crippen molar-refractivity contribution in [1.29, 1.82) is 0 Å². The highest BCUT2D eigenvalue weighted by atomic mass is 16.5. The molecule has 2 fully saturated rings. The number of rotatable bonds is 6. The van der Waals surface area contributed by atoms with Gasteiger partial charge in [0.15, 0.2) is 0 Å². The van der Waals surface area contributed by atoms with Crippen LogP contribution < -0.4 is 0 Å². The molecule has 4 rings (SSSR count). The lowest BCUT2D eigenvalue weighted by molar-refractivity contribution is -0.141. The van der Waals surface area contributed by atoms with Crippen molar-refractivity contribution in [2.24, 2.45) is 0 Å². The van der Waals surface area contributed by atoms with Crippen molar-refractivity contribution in [2.45, 2.75) is 64.6 Å². The zero-order chi connectivity index (χ0) is 21.8. The molecular formula is C24H35N5O2. The lowest BCUT2D eigenvalue weighted by Crippen LogP contribution is -2.56. The number of likely N-dealkylation sites (tertiary alicyclic amines) is 1. The SMILES string of the molecule is CCC1CCCCN1C(=O)C(C)N1CCN(C(C)c2nc(-c3ccccc3)no2)CC1. The maximum Gasteiger partial charge on any atom is 0.244 e. The van der Waals surface area contributed by atoms with E-state index in [1.807, 2.05) is 30.3 Å². The van der Waals surface area contributed by atoms with Crippen molar-refractivity contribution in [3.05, 3.63) is 36.2 Å². The maximum atomic E-state index is 13.2. The first-order chi connectivity index (χ1) is 15.1. The predicted octanol–water partition coefficient (Wildman–Crippen LogP) is 3.59. The molecule has 1 aromatic heterocycles. The van der Waals surface area contributed by atoms with Gasteiger partial charge in [0.05, 0.1) is 12.1 Å². The van der Waals surface area contributed by atoms with Crippen LogP contribution in [0.2, 0.25) is 0 Å². The van der Waals surface area contributed by atoms with Gasteiger partial charge in [-0.2, -0.15) is 4.98 Å². The number of hydrogen-bond acceptors (Lipinski definition) is 6. The number of hydrogen-bond donors (Lipinski definition) is 0. The van der Waals surface area contributed by atoms with E-state index in [1.165, 1.54) is 6.42 Å². The summed E-state index contributed by atoms with van der Waals surface area (Å²) in [5.41, 5.74) is 0.963. The van der Waals surface area contributed by atoms with E-state index >= 15 is 0 Å². The second-order valence-corrected chi connectivity index (χ2v) is 8.84. The van der Waals surface area contributed by atoms with Crippen molar-refractivity contribution in [1.82, 2.24) is 24.8 Å². The van der Waals surface area contributed by atoms with Gasteiger partial charge in [0.1, 0.15) is 0 Å². The van der Waals surface area contributed by atoms with Gasteiger partial charge in [-0.25, -0.2) is 0 Å². The van der Waals surface area contributed by atoms with Crippen LogP contribution in [0, 0.1) is 0 Å². The molecule has 7 heteroatoms. The smallest absolute Gasteiger partial charge is 0.244 e. The maximum absolute atomic E-state index is 13.2. The van der Waals surface area contributed by atoms with E-state index in [9.17, 15) is 4.79 Å². The fourth-order valence-electron chi connectivity index (χ4n) is 4.89. The first-order valence-corrected chi connectivity index (χ1v) is 11.8. The van der Waals surface area contributed by atoms with E-state index in [1.54, 1.807) is 0 Å². The molecule has 2 saturated heterocycles. The van der Waals surface area contributed by atoms with Crippen molar-refractivity contribution in [3.8, 4) is 11.4 Å². The van der Waals surface area contributed by atoms with Gasteiger partial charge in [-0.15, -0.1) is 0 Å². The minimum absolute atomic E-state index is 0.0577. The van der Waals surface area contributed by atoms with Gasteiger partial charge in [0.25, 0.3) is 0 Å². The number of benzene rings is 1. The quantitative estimate of drug-likeness (QED) is 0.705. The molecule has 1 aromatic carbocycles. The third-order valence-corrected chi connectivity index (χ3v) is 7.01. The lowest BCUT2D eigenvalue weighted by atomic mass is 9.99. The third kappa shape index (κ3) is 4.83. The van der Waals surface area contributed by atoms with Crippen LogP contribution in [0.3, 0.4) is 0 Å². The topological polar surface area (TPSA) is 65.7 Å². The van der Waals surface area contributed by atoms with E-state index in [2.05, 4.69) is 45.6 Å². The number of carbonyl (C=O) groups is 1. The standard InChI is InChI=1S/C24H35N5O2/c1-4-21-12-8-9-13-29(21)24(30)19(3)28-16-14-27(15-17-28)18(2)23-25-22(26-31-23)20-10-6-5-7-11-20/h5-7,10-11,18-19,21H,4,8-9,12-17H2,1-3H3. The average Bonchev–Trinajstić information content (AvgIpc) is 3.33. The normalized spacial score (nSPS) is 22.9. The molecule has 0 bridgehead atoms. The Labute approximate surface area is 185 Å². The Hall–Kier alpha value is -2.25. The van der Waals surface area contributed by atoms with E-state index in [0.717, 1.165) is 57.5 Å². The number of aromatic nitrogens is 2. The summed E-state index contributed by atoms with van der Waals surface area (Å²) in [6, 6.07) is 10.3. The van der Waals surface area contributed by atoms with Crippen molar-refractivity contribution in [2.75, 3.05) is 32.7 Å². The molecule has 168 valence electrons. The number of piperidine rings is 1. The summed E-state index contributed by atoms with van der Waals surface area (Å²) < 4.78 is 5.57. The van der Waals surface area contributed by atoms with E-state index < -0.39 is 0 Å². The summed E-state index contributed by atoms with van der Waals surface area (Å²) in [6.45, 7) is 10.8. The second-order valence-electron chi connectivity index (χ2n) is 8.84. The molecule has 2 aliphatic rings. The molecule has 31 heavy (non-hydrogen) atoms. The Morgan fingerprint density at radius 1 is 1.06 bits per heavy atom. The molecule has 1 amide bonds. The molecule has 7 nitrogen and oxygen atoms in total. The van der Waals surface area contributed by atoms with Gasteiger partial charge in [0, 0.05) is 44.3 Å². The van der Waals surface area contributed by atoms with Gasteiger partial charge in [0.2, 0.25) is 17.6 Å². The summed E-state index contributed by atoms with van der Waals surface area (Å²) in [5.74, 6) is 1.58. The number of carbonyl (C=O) groups excluding carboxylic acids is 1. The third-order valence-electron chi connectivity index (χ3n) is 7.01. The number of nitrogens with zero attached hydrogens (tertiary/aromatic N) is 5. The van der Waals surface area contributed by atoms with Crippen LogP contribution in [0.15, 0.2) is 34.9 Å². The van der Waals surface area contributed by atoms with Crippen molar-refractivity contribution in [3.63, 3.8) is 0 Å². The van der Waals surface area contributed by atoms with Gasteiger partial charge in [-0.3, -0.25) is 14.6 Å². The zero-order valence-electron chi connectivity index (χ0n) is 19.0. The first-order valence-electron chi connectivity index (χ1n) is 11.8. The summed E-state index contributed by atoms with van der Waals surface area (Å²) in [5, 5.41) is 4.16. The molecule has 3 atom stereocenters. The molecule has 3 unspecified atom stereocenters. The zero-order valence-corrected chi connectivity index (χ0v) is 19.0. The highest BCUT2D eigenvalue weighted by Crippen LogP contribution is 2.25. The largest absolute Gasteiger partial charge is 0.338 e. The van der Waals surface area contributed by atoms with E-state index in [0.29, 0.717) is 23.7 Å². The van der Waals surface area contributed by atoms with Crippen LogP contribution in [-0.4, -0.2) is 75.6 Å². The van der Waals surface area contributed by atoms with E-state index in [4.69, 9.17) is 4.52 Å². The predicted molar refractivity (Wildman–Crippen MR) is 120 cm³/mol. The van der Waals surface area contributed by atoms with E-state index in [-0.39, 0.29) is 12.1 Å². The van der Waals surface area contributed by atoms with Crippen LogP contribution >= 0.6 is 0 Å². The molecule has 0 aliphatic carbocycles. The molecule has 0 spiro atoms. The van der Waals surface area contributed by atoms with Crippen LogP contribution in [0.1, 0.15) is 58.4 Å². The molecule has 2 aliphatic heterocycles. The summed E-state index contributed by atoms with van der Waals surface area (Å²) in [4.78, 5) is 24.6. The number of piperazine rings is 1. The molecule has 0 radical (unpaired) electrons. The van der Waals surface area contributed by atoms with Crippen molar-refractivity contribution >= 4 is 5.91 Å². The van der Waals surface area contributed by atoms with Gasteiger partial charge >= 0.3 is 0 Å². The fourth-order valence-corrected chi connectivity index (χ4v) is 4.89. The number of amides is 1. The van der Waals surface area contributed by atoms with Crippen LogP contribution in [0.4, 0.5) is 0 Å². The Kier molecular flexibility index (Phi) is 7.02. The highest BCUT2D eigenvalue weighted by molar-refractivity contribution is 5.82. The minimum Gasteiger partial charge on any atom is -0.338 e. The van der Waals surface area contributed by atoms with Crippen LogP contribution in [0.5, 0.6) is 0 Å². The molecule has 0 saturated carbocycles. The summed E-state index contributed by atoms with van der Waals surface area (Å²) in [7, 11) is 0. The van der Waals surface area contributed by atoms with Gasteiger partial charge in [-0.05, 0) is 39.5 Å². The van der Waals surface area contributed by atoms with Crippen LogP contribution in [0.25, 0.3) is 11.4 Å². The monoisotopic (exact) mass is 425 g/mol. The summed E-state index contributed by atoms with van der Waals surface area (Å²) >= 11 is 0. The van der Waals surface area contributed by atoms with Gasteiger partial charge < -0.3 is 9.42 Å². The Balaban J connectivity index is 1.33. The Morgan fingerprint density at radius 3 is 2.48 bits per heavy atom. The Bertz CT molecular complexity index is 847. The summed E-state index contributed by atoms with van der Waals surface area (Å²) in [6.07, 6.45) is 4.58. The molecular weight excluding hydrogens is 390 g/mol. The fraction of sp³-hybridized carbons (Fsp3) is 0.625. The van der Waals surface area contributed by atoms with Crippen LogP contribution in [-0.2, 0) is 4.79 Å². The lowest BCUT2D eigenvalue weighted by Gasteiger charge is -2.42. The molecule has 2 aromatic rings. The second kappa shape index (κ2) is 9.92. The highest BCUT2D eigenvalue weighted by Gasteiger charge is 2.34. The minimum atomic E-state index is -0.0577. The van der Waals surface area contributed by atoms with Crippen molar-refractivity contribution < 1.29 is 9.32 Å².